The summed E-state index contributed by atoms with van der Waals surface area (Å²) in [6.45, 7) is -0.199. The molecule has 0 amide bonds. The van der Waals surface area contributed by atoms with E-state index in [1.807, 2.05) is 12.1 Å². The van der Waals surface area contributed by atoms with Crippen LogP contribution in [-0.4, -0.2) is 24.2 Å². The molecule has 5 nitrogen and oxygen atoms in total. The summed E-state index contributed by atoms with van der Waals surface area (Å²) in [7, 11) is 0. The van der Waals surface area contributed by atoms with E-state index < -0.39 is 5.97 Å². The number of carboxylic acid groups (broad SMARTS) is 1. The Morgan fingerprint density at radius 1 is 1.35 bits per heavy atom. The van der Waals surface area contributed by atoms with Crippen LogP contribution in [-0.2, 0) is 0 Å². The molecule has 1 aromatic carbocycles. The molecule has 0 aliphatic carbocycles. The predicted octanol–water partition coefficient (Wildman–Crippen LogP) is 1.89. The van der Waals surface area contributed by atoms with Crippen molar-refractivity contribution in [3.05, 3.63) is 28.8 Å². The van der Waals surface area contributed by atoms with Crippen molar-refractivity contribution in [3.63, 3.8) is 0 Å². The maximum absolute atomic E-state index is 11.0. The van der Waals surface area contributed by atoms with Crippen LogP contribution in [0.2, 0.25) is 5.02 Å². The van der Waals surface area contributed by atoms with Gasteiger partial charge in [-0.2, -0.15) is 10.5 Å². The van der Waals surface area contributed by atoms with Crippen LogP contribution in [0.25, 0.3) is 0 Å². The molecule has 0 saturated heterocycles. The SMILES string of the molecule is N#CCN(CC#N)c1c(Cl)cccc1C(=O)O. The zero-order chi connectivity index (χ0) is 12.8. The molecule has 0 saturated carbocycles. The van der Waals surface area contributed by atoms with E-state index in [2.05, 4.69) is 0 Å². The van der Waals surface area contributed by atoms with Gasteiger partial charge in [-0.1, -0.05) is 17.7 Å². The van der Waals surface area contributed by atoms with Crippen molar-refractivity contribution in [2.24, 2.45) is 0 Å². The first kappa shape index (κ1) is 12.8. The highest BCUT2D eigenvalue weighted by atomic mass is 35.5. The number of hydrogen-bond donors (Lipinski definition) is 1. The van der Waals surface area contributed by atoms with Crippen molar-refractivity contribution < 1.29 is 9.90 Å². The minimum absolute atomic E-state index is 0.0250. The number of carbonyl (C=O) groups is 1. The third-order valence-electron chi connectivity index (χ3n) is 2.06. The number of rotatable bonds is 4. The zero-order valence-corrected chi connectivity index (χ0v) is 9.48. The van der Waals surface area contributed by atoms with E-state index >= 15 is 0 Å². The Morgan fingerprint density at radius 3 is 2.41 bits per heavy atom. The summed E-state index contributed by atoms with van der Waals surface area (Å²) in [6.07, 6.45) is 0. The lowest BCUT2D eigenvalue weighted by molar-refractivity contribution is 0.0697. The number of benzene rings is 1. The van der Waals surface area contributed by atoms with Crippen molar-refractivity contribution in [1.29, 1.82) is 10.5 Å². The molecule has 17 heavy (non-hydrogen) atoms. The van der Waals surface area contributed by atoms with E-state index in [4.69, 9.17) is 27.2 Å². The van der Waals surface area contributed by atoms with Gasteiger partial charge in [0, 0.05) is 0 Å². The fourth-order valence-electron chi connectivity index (χ4n) is 1.39. The summed E-state index contributed by atoms with van der Waals surface area (Å²) in [6, 6.07) is 8.14. The molecule has 0 atom stereocenters. The summed E-state index contributed by atoms with van der Waals surface area (Å²) in [5, 5.41) is 26.5. The van der Waals surface area contributed by atoms with Gasteiger partial charge >= 0.3 is 5.97 Å². The molecular weight excluding hydrogens is 242 g/mol. The number of anilines is 1. The van der Waals surface area contributed by atoms with Crippen LogP contribution in [0.1, 0.15) is 10.4 Å². The van der Waals surface area contributed by atoms with Crippen LogP contribution in [0.15, 0.2) is 18.2 Å². The average Bonchev–Trinajstić information content (AvgIpc) is 2.28. The maximum Gasteiger partial charge on any atom is 0.337 e. The van der Waals surface area contributed by atoms with Crippen LogP contribution < -0.4 is 4.90 Å². The first-order chi connectivity index (χ1) is 8.11. The highest BCUT2D eigenvalue weighted by molar-refractivity contribution is 6.34. The van der Waals surface area contributed by atoms with E-state index in [0.29, 0.717) is 0 Å². The van der Waals surface area contributed by atoms with E-state index in [9.17, 15) is 4.79 Å². The summed E-state index contributed by atoms with van der Waals surface area (Å²) in [5.74, 6) is -1.15. The Labute approximate surface area is 103 Å². The Hall–Kier alpha value is -2.24. The lowest BCUT2D eigenvalue weighted by atomic mass is 10.1. The van der Waals surface area contributed by atoms with Gasteiger partial charge in [0.25, 0.3) is 0 Å². The Bertz CT molecular complexity index is 500. The molecule has 0 radical (unpaired) electrons. The second kappa shape index (κ2) is 5.74. The molecule has 6 heteroatoms. The van der Waals surface area contributed by atoms with Gasteiger partial charge in [-0.05, 0) is 12.1 Å². The van der Waals surface area contributed by atoms with Crippen molar-refractivity contribution in [3.8, 4) is 12.1 Å². The van der Waals surface area contributed by atoms with Gasteiger partial charge in [-0.25, -0.2) is 4.79 Å². The van der Waals surface area contributed by atoms with Gasteiger partial charge in [0.1, 0.15) is 13.1 Å². The Kier molecular flexibility index (Phi) is 4.33. The van der Waals surface area contributed by atoms with E-state index in [0.717, 1.165) is 0 Å². The molecule has 86 valence electrons. The van der Waals surface area contributed by atoms with E-state index in [1.165, 1.54) is 23.1 Å². The standard InChI is InChI=1S/C11H8ClN3O2/c12-9-3-1-2-8(11(16)17)10(9)15(6-4-13)7-5-14/h1-3H,6-7H2,(H,16,17). The van der Waals surface area contributed by atoms with Crippen LogP contribution >= 0.6 is 11.6 Å². The summed E-state index contributed by atoms with van der Waals surface area (Å²) in [4.78, 5) is 12.4. The van der Waals surface area contributed by atoms with Crippen molar-refractivity contribution in [1.82, 2.24) is 0 Å². The summed E-state index contributed by atoms with van der Waals surface area (Å²) < 4.78 is 0. The molecule has 1 N–H and O–H groups in total. The average molecular weight is 250 g/mol. The first-order valence-electron chi connectivity index (χ1n) is 4.62. The Morgan fingerprint density at radius 2 is 1.94 bits per heavy atom. The van der Waals surface area contributed by atoms with Crippen LogP contribution in [0.5, 0.6) is 0 Å². The molecule has 0 spiro atoms. The number of aromatic carboxylic acids is 1. The predicted molar refractivity (Wildman–Crippen MR) is 61.9 cm³/mol. The second-order valence-corrected chi connectivity index (χ2v) is 3.52. The summed E-state index contributed by atoms with van der Waals surface area (Å²) >= 11 is 5.92. The molecule has 0 heterocycles. The second-order valence-electron chi connectivity index (χ2n) is 3.11. The molecule has 0 fully saturated rings. The van der Waals surface area contributed by atoms with Crippen molar-refractivity contribution in [2.45, 2.75) is 0 Å². The number of halogens is 1. The molecule has 0 aliphatic rings. The highest BCUT2D eigenvalue weighted by Gasteiger charge is 2.18. The third-order valence-corrected chi connectivity index (χ3v) is 2.36. The normalized spacial score (nSPS) is 9.12. The van der Waals surface area contributed by atoms with Gasteiger partial charge < -0.3 is 10.0 Å². The van der Waals surface area contributed by atoms with Crippen LogP contribution in [0, 0.1) is 22.7 Å². The topological polar surface area (TPSA) is 88.1 Å². The molecular formula is C11H8ClN3O2. The molecule has 1 rings (SSSR count). The van der Waals surface area contributed by atoms with Gasteiger partial charge in [-0.15, -0.1) is 0 Å². The monoisotopic (exact) mass is 249 g/mol. The molecule has 0 aliphatic heterocycles. The van der Waals surface area contributed by atoms with Crippen molar-refractivity contribution >= 4 is 23.3 Å². The number of carboxylic acids is 1. The van der Waals surface area contributed by atoms with Crippen LogP contribution in [0.3, 0.4) is 0 Å². The van der Waals surface area contributed by atoms with Gasteiger partial charge in [0.15, 0.2) is 0 Å². The smallest absolute Gasteiger partial charge is 0.337 e. The van der Waals surface area contributed by atoms with E-state index in [-0.39, 0.29) is 29.4 Å². The highest BCUT2D eigenvalue weighted by Crippen LogP contribution is 2.29. The third kappa shape index (κ3) is 2.87. The number of para-hydroxylation sites is 1. The Balaban J connectivity index is 3.31. The lowest BCUT2D eigenvalue weighted by Crippen LogP contribution is -2.26. The van der Waals surface area contributed by atoms with Gasteiger partial charge in [0.05, 0.1) is 28.4 Å². The number of hydrogen-bond acceptors (Lipinski definition) is 4. The summed E-state index contributed by atoms with van der Waals surface area (Å²) in [5.41, 5.74) is 0.174. The quantitative estimate of drug-likeness (QED) is 0.823. The van der Waals surface area contributed by atoms with Gasteiger partial charge in [0.2, 0.25) is 0 Å². The van der Waals surface area contributed by atoms with Crippen LogP contribution in [0.4, 0.5) is 5.69 Å². The molecule has 1 aromatic rings. The molecule has 0 aromatic heterocycles. The fourth-order valence-corrected chi connectivity index (χ4v) is 1.69. The minimum atomic E-state index is -1.15. The molecule has 0 unspecified atom stereocenters. The van der Waals surface area contributed by atoms with Crippen molar-refractivity contribution in [2.75, 3.05) is 18.0 Å². The fraction of sp³-hybridized carbons (Fsp3) is 0.182. The number of nitrogens with zero attached hydrogens (tertiary/aromatic N) is 3. The maximum atomic E-state index is 11.0. The van der Waals surface area contributed by atoms with E-state index in [1.54, 1.807) is 0 Å². The zero-order valence-electron chi connectivity index (χ0n) is 8.72. The first-order valence-corrected chi connectivity index (χ1v) is 5.00. The largest absolute Gasteiger partial charge is 0.478 e. The molecule has 0 bridgehead atoms. The lowest BCUT2D eigenvalue weighted by Gasteiger charge is -2.21. The number of nitriles is 2. The minimum Gasteiger partial charge on any atom is -0.478 e. The van der Waals surface area contributed by atoms with Gasteiger partial charge in [-0.3, -0.25) is 0 Å².